The van der Waals surface area contributed by atoms with Crippen LogP contribution in [0.1, 0.15) is 64.5 Å². The van der Waals surface area contributed by atoms with E-state index in [1.54, 1.807) is 0 Å². The zero-order chi connectivity index (χ0) is 23.4. The van der Waals surface area contributed by atoms with Gasteiger partial charge in [0.25, 0.3) is 0 Å². The molecule has 0 aromatic heterocycles. The number of allylic oxidation sites excluding steroid dienone is 1. The molecule has 1 saturated heterocycles. The van der Waals surface area contributed by atoms with Gasteiger partial charge in [-0.05, 0) is 48.9 Å². The second-order valence-electron chi connectivity index (χ2n) is 10.2. The van der Waals surface area contributed by atoms with Crippen molar-refractivity contribution in [2.75, 3.05) is 19.7 Å². The minimum absolute atomic E-state index is 0.0861. The maximum absolute atomic E-state index is 14.0. The Balaban J connectivity index is 1.98. The quantitative estimate of drug-likeness (QED) is 0.504. The molecule has 0 radical (unpaired) electrons. The van der Waals surface area contributed by atoms with Crippen LogP contribution in [-0.4, -0.2) is 48.6 Å². The van der Waals surface area contributed by atoms with Crippen molar-refractivity contribution in [2.24, 2.45) is 5.41 Å². The summed E-state index contributed by atoms with van der Waals surface area (Å²) in [6.07, 6.45) is 10.1. The Hall–Kier alpha value is -2.40. The SMILES string of the molecule is C=CC[C@@]1(C(=O)OC[C@@H](NC(C)=O)C(C)(C)C)c2ccccc2C=C[C@@H]1N1CCCCC1. The smallest absolute Gasteiger partial charge is 0.318 e. The second kappa shape index (κ2) is 10.0. The number of carbonyl (C=O) groups is 2. The number of amides is 1. The largest absolute Gasteiger partial charge is 0.463 e. The lowest BCUT2D eigenvalue weighted by Gasteiger charge is -2.47. The van der Waals surface area contributed by atoms with Gasteiger partial charge in [-0.2, -0.15) is 0 Å². The molecule has 0 bridgehead atoms. The van der Waals surface area contributed by atoms with Crippen LogP contribution in [0.15, 0.2) is 43.0 Å². The van der Waals surface area contributed by atoms with Crippen molar-refractivity contribution < 1.29 is 14.3 Å². The molecule has 1 amide bonds. The van der Waals surface area contributed by atoms with Gasteiger partial charge >= 0.3 is 5.97 Å². The van der Waals surface area contributed by atoms with Crippen molar-refractivity contribution in [1.29, 1.82) is 0 Å². The van der Waals surface area contributed by atoms with E-state index in [0.717, 1.165) is 37.1 Å². The predicted octanol–water partition coefficient (Wildman–Crippen LogP) is 4.48. The molecule has 32 heavy (non-hydrogen) atoms. The van der Waals surface area contributed by atoms with E-state index in [4.69, 9.17) is 4.74 Å². The molecule has 1 aliphatic carbocycles. The minimum atomic E-state index is -0.858. The Bertz CT molecular complexity index is 864. The average molecular weight is 439 g/mol. The lowest BCUT2D eigenvalue weighted by Crippen LogP contribution is -2.57. The summed E-state index contributed by atoms with van der Waals surface area (Å²) in [5.74, 6) is -0.372. The van der Waals surface area contributed by atoms with E-state index in [0.29, 0.717) is 6.42 Å². The zero-order valence-corrected chi connectivity index (χ0v) is 20.0. The molecule has 5 nitrogen and oxygen atoms in total. The molecule has 5 heteroatoms. The molecule has 0 saturated carbocycles. The summed E-state index contributed by atoms with van der Waals surface area (Å²) in [7, 11) is 0. The third-order valence-electron chi connectivity index (χ3n) is 6.82. The van der Waals surface area contributed by atoms with Gasteiger partial charge in [0.1, 0.15) is 12.0 Å². The van der Waals surface area contributed by atoms with Crippen LogP contribution in [0.5, 0.6) is 0 Å². The third kappa shape index (κ3) is 4.98. The molecule has 1 aromatic rings. The van der Waals surface area contributed by atoms with Gasteiger partial charge in [-0.25, -0.2) is 0 Å². The van der Waals surface area contributed by atoms with Crippen molar-refractivity contribution in [3.8, 4) is 0 Å². The maximum Gasteiger partial charge on any atom is 0.318 e. The Labute approximate surface area is 192 Å². The van der Waals surface area contributed by atoms with Crippen molar-refractivity contribution in [3.63, 3.8) is 0 Å². The van der Waals surface area contributed by atoms with Crippen LogP contribution in [0.3, 0.4) is 0 Å². The zero-order valence-electron chi connectivity index (χ0n) is 20.0. The van der Waals surface area contributed by atoms with Crippen LogP contribution in [0.2, 0.25) is 0 Å². The van der Waals surface area contributed by atoms with Crippen LogP contribution in [0.4, 0.5) is 0 Å². The van der Waals surface area contributed by atoms with Crippen molar-refractivity contribution >= 4 is 18.0 Å². The summed E-state index contributed by atoms with van der Waals surface area (Å²) in [6, 6.07) is 7.74. The lowest BCUT2D eigenvalue weighted by atomic mass is 9.66. The molecule has 1 heterocycles. The van der Waals surface area contributed by atoms with E-state index >= 15 is 0 Å². The molecule has 0 spiro atoms. The number of hydrogen-bond acceptors (Lipinski definition) is 4. The molecule has 3 atom stereocenters. The number of hydrogen-bond donors (Lipinski definition) is 1. The van der Waals surface area contributed by atoms with E-state index in [2.05, 4.69) is 41.1 Å². The predicted molar refractivity (Wildman–Crippen MR) is 129 cm³/mol. The highest BCUT2D eigenvalue weighted by Crippen LogP contribution is 2.43. The molecule has 1 aliphatic heterocycles. The standard InChI is InChI=1S/C27H38N2O3/c1-6-16-27(25(31)32-19-23(26(3,4)5)28-20(2)30)22-13-9-8-12-21(22)14-15-24(27)29-17-10-7-11-18-29/h6,8-9,12-15,23-24H,1,7,10-11,16-19H2,2-5H3,(H,28,30)/t23-,24+,27-/m1/s1. The molecule has 1 aromatic carbocycles. The van der Waals surface area contributed by atoms with Crippen LogP contribution >= 0.6 is 0 Å². The number of nitrogens with one attached hydrogen (secondary N) is 1. The number of fused-ring (bicyclic) bond motifs is 1. The first-order valence-electron chi connectivity index (χ1n) is 11.8. The summed E-state index contributed by atoms with van der Waals surface area (Å²) in [6.45, 7) is 13.7. The number of likely N-dealkylation sites (tertiary alicyclic amines) is 1. The number of rotatable bonds is 7. The minimum Gasteiger partial charge on any atom is -0.463 e. The van der Waals surface area contributed by atoms with Gasteiger partial charge in [-0.3, -0.25) is 14.5 Å². The molecule has 3 rings (SSSR count). The van der Waals surface area contributed by atoms with Crippen LogP contribution in [-0.2, 0) is 19.7 Å². The number of ether oxygens (including phenoxy) is 1. The van der Waals surface area contributed by atoms with Crippen molar-refractivity contribution in [3.05, 3.63) is 54.1 Å². The van der Waals surface area contributed by atoms with Crippen LogP contribution < -0.4 is 5.32 Å². The number of benzene rings is 1. The van der Waals surface area contributed by atoms with E-state index in [9.17, 15) is 9.59 Å². The summed E-state index contributed by atoms with van der Waals surface area (Å²) >= 11 is 0. The monoisotopic (exact) mass is 438 g/mol. The first kappa shape index (κ1) is 24.2. The van der Waals surface area contributed by atoms with Crippen molar-refractivity contribution in [1.82, 2.24) is 10.2 Å². The molecule has 2 aliphatic rings. The van der Waals surface area contributed by atoms with E-state index < -0.39 is 5.41 Å². The normalized spacial score (nSPS) is 24.3. The first-order chi connectivity index (χ1) is 15.2. The van der Waals surface area contributed by atoms with Gasteiger partial charge in [-0.1, -0.05) is 69.7 Å². The van der Waals surface area contributed by atoms with Crippen LogP contribution in [0, 0.1) is 5.41 Å². The lowest BCUT2D eigenvalue weighted by molar-refractivity contribution is -0.155. The fourth-order valence-corrected chi connectivity index (χ4v) is 5.01. The average Bonchev–Trinajstić information content (AvgIpc) is 2.76. The van der Waals surface area contributed by atoms with Gasteiger partial charge < -0.3 is 10.1 Å². The second-order valence-corrected chi connectivity index (χ2v) is 10.2. The van der Waals surface area contributed by atoms with Gasteiger partial charge in [0, 0.05) is 13.0 Å². The Morgan fingerprint density at radius 3 is 2.56 bits per heavy atom. The molecule has 1 N–H and O–H groups in total. The van der Waals surface area contributed by atoms with Gasteiger partial charge in [0.15, 0.2) is 0 Å². The number of piperidine rings is 1. The van der Waals surface area contributed by atoms with Gasteiger partial charge in [0.05, 0.1) is 6.04 Å². The van der Waals surface area contributed by atoms with E-state index in [1.165, 1.54) is 13.3 Å². The Morgan fingerprint density at radius 2 is 1.94 bits per heavy atom. The fourth-order valence-electron chi connectivity index (χ4n) is 5.01. The maximum atomic E-state index is 14.0. The molecule has 1 fully saturated rings. The number of esters is 1. The van der Waals surface area contributed by atoms with E-state index in [-0.39, 0.29) is 36.0 Å². The topological polar surface area (TPSA) is 58.6 Å². The third-order valence-corrected chi connectivity index (χ3v) is 6.82. The highest BCUT2D eigenvalue weighted by atomic mass is 16.5. The molecular formula is C27H38N2O3. The molecule has 174 valence electrons. The summed E-state index contributed by atoms with van der Waals surface area (Å²) < 4.78 is 6.04. The Morgan fingerprint density at radius 1 is 1.25 bits per heavy atom. The van der Waals surface area contributed by atoms with Crippen molar-refractivity contribution in [2.45, 2.75) is 70.9 Å². The first-order valence-corrected chi connectivity index (χ1v) is 11.8. The number of carbonyl (C=O) groups excluding carboxylic acids is 2. The Kier molecular flexibility index (Phi) is 7.60. The van der Waals surface area contributed by atoms with Gasteiger partial charge in [-0.15, -0.1) is 6.58 Å². The van der Waals surface area contributed by atoms with E-state index in [1.807, 2.05) is 39.0 Å². The highest BCUT2D eigenvalue weighted by Gasteiger charge is 2.51. The van der Waals surface area contributed by atoms with Crippen LogP contribution in [0.25, 0.3) is 6.08 Å². The summed E-state index contributed by atoms with van der Waals surface area (Å²) in [5.41, 5.74) is 0.945. The van der Waals surface area contributed by atoms with Gasteiger partial charge in [0.2, 0.25) is 5.91 Å². The number of nitrogens with zero attached hydrogens (tertiary/aromatic N) is 1. The molecular weight excluding hydrogens is 400 g/mol. The fraction of sp³-hybridized carbons (Fsp3) is 0.556. The molecule has 0 unspecified atom stereocenters. The summed E-state index contributed by atoms with van der Waals surface area (Å²) in [4.78, 5) is 28.2. The summed E-state index contributed by atoms with van der Waals surface area (Å²) in [5, 5.41) is 2.96. The highest BCUT2D eigenvalue weighted by molar-refractivity contribution is 5.88.